The van der Waals surface area contributed by atoms with Gasteiger partial charge in [0.25, 0.3) is 0 Å². The van der Waals surface area contributed by atoms with Gasteiger partial charge in [-0.15, -0.1) is 0 Å². The van der Waals surface area contributed by atoms with E-state index in [9.17, 15) is 18.0 Å². The van der Waals surface area contributed by atoms with E-state index in [1.165, 1.54) is 48.5 Å². The Hall–Kier alpha value is -4.67. The summed E-state index contributed by atoms with van der Waals surface area (Å²) >= 11 is 0. The van der Waals surface area contributed by atoms with E-state index in [-0.39, 0.29) is 28.0 Å². The summed E-state index contributed by atoms with van der Waals surface area (Å²) in [5.41, 5.74) is 2.29. The van der Waals surface area contributed by atoms with Gasteiger partial charge in [-0.2, -0.15) is 8.42 Å². The quantitative estimate of drug-likeness (QED) is 0.157. The second-order valence-corrected chi connectivity index (χ2v) is 10.2. The van der Waals surface area contributed by atoms with Crippen LogP contribution < -0.4 is 18.4 Å². The molecule has 9 nitrogen and oxygen atoms in total. The maximum Gasteiger partial charge on any atom is 0.446 e. The van der Waals surface area contributed by atoms with Gasteiger partial charge in [0.15, 0.2) is 0 Å². The van der Waals surface area contributed by atoms with Crippen molar-refractivity contribution in [1.29, 1.82) is 0 Å². The summed E-state index contributed by atoms with van der Waals surface area (Å²) in [6.07, 6.45) is 0. The maximum absolute atomic E-state index is 12.7. The van der Waals surface area contributed by atoms with Crippen molar-refractivity contribution in [2.45, 2.75) is 19.3 Å². The molecule has 206 valence electrons. The van der Waals surface area contributed by atoms with Crippen LogP contribution in [0.3, 0.4) is 0 Å². The Morgan fingerprint density at radius 2 is 0.950 bits per heavy atom. The monoisotopic (exact) mass is 562 g/mol. The van der Waals surface area contributed by atoms with E-state index in [1.54, 1.807) is 19.2 Å². The SMILES string of the molecule is COc1ccc(C(C)(C)c2ccc(OC(=O)c3ccc(C(=O)Oc4ccc(OS(=O)(=O)O)cc4)cc3)cc2)cc1. The Morgan fingerprint density at radius 3 is 1.32 bits per heavy atom. The van der Waals surface area contributed by atoms with Crippen LogP contribution in [0.15, 0.2) is 97.1 Å². The van der Waals surface area contributed by atoms with Crippen LogP contribution >= 0.6 is 0 Å². The van der Waals surface area contributed by atoms with E-state index in [0.29, 0.717) is 5.75 Å². The second kappa shape index (κ2) is 11.6. The predicted octanol–water partition coefficient (Wildman–Crippen LogP) is 5.64. The van der Waals surface area contributed by atoms with Crippen molar-refractivity contribution in [3.63, 3.8) is 0 Å². The fraction of sp³-hybridized carbons (Fsp3) is 0.133. The van der Waals surface area contributed by atoms with Crippen LogP contribution in [0.5, 0.6) is 23.0 Å². The van der Waals surface area contributed by atoms with Crippen molar-refractivity contribution >= 4 is 22.3 Å². The highest BCUT2D eigenvalue weighted by molar-refractivity contribution is 7.81. The summed E-state index contributed by atoms with van der Waals surface area (Å²) in [5.74, 6) is -0.150. The van der Waals surface area contributed by atoms with Crippen LogP contribution in [0.1, 0.15) is 45.7 Å². The van der Waals surface area contributed by atoms with Gasteiger partial charge in [-0.1, -0.05) is 38.1 Å². The van der Waals surface area contributed by atoms with Gasteiger partial charge in [0.1, 0.15) is 23.0 Å². The van der Waals surface area contributed by atoms with E-state index in [2.05, 4.69) is 18.0 Å². The van der Waals surface area contributed by atoms with Gasteiger partial charge >= 0.3 is 22.3 Å². The number of carbonyl (C=O) groups excluding carboxylic acids is 2. The average molecular weight is 563 g/mol. The zero-order valence-electron chi connectivity index (χ0n) is 21.9. The van der Waals surface area contributed by atoms with E-state index in [0.717, 1.165) is 16.9 Å². The summed E-state index contributed by atoms with van der Waals surface area (Å²) in [6.45, 7) is 4.21. The van der Waals surface area contributed by atoms with Crippen LogP contribution in [-0.4, -0.2) is 32.0 Å². The molecule has 0 amide bonds. The Kier molecular flexibility index (Phi) is 8.22. The number of benzene rings is 4. The minimum Gasteiger partial charge on any atom is -0.497 e. The van der Waals surface area contributed by atoms with E-state index >= 15 is 0 Å². The van der Waals surface area contributed by atoms with Crippen molar-refractivity contribution in [3.05, 3.63) is 119 Å². The molecule has 0 radical (unpaired) electrons. The standard InChI is InChI=1S/C30H26O9S/c1-30(2,22-8-12-24(36-3)13-9-22)23-10-14-25(15-11-23)37-28(31)20-4-6-21(7-5-20)29(32)38-26-16-18-27(19-17-26)39-40(33,34)35/h4-19H,1-3H3,(H,33,34,35). The lowest BCUT2D eigenvalue weighted by molar-refractivity contribution is 0.0720. The number of esters is 2. The molecule has 4 aromatic carbocycles. The van der Waals surface area contributed by atoms with E-state index in [1.807, 2.05) is 36.4 Å². The molecule has 4 rings (SSSR count). The van der Waals surface area contributed by atoms with Gasteiger partial charge in [-0.25, -0.2) is 9.59 Å². The van der Waals surface area contributed by atoms with Crippen molar-refractivity contribution in [2.24, 2.45) is 0 Å². The largest absolute Gasteiger partial charge is 0.497 e. The Bertz CT molecular complexity index is 1590. The zero-order valence-corrected chi connectivity index (χ0v) is 22.7. The number of hydrogen-bond acceptors (Lipinski definition) is 8. The Balaban J connectivity index is 1.36. The van der Waals surface area contributed by atoms with Crippen molar-refractivity contribution < 1.29 is 41.0 Å². The molecule has 10 heteroatoms. The van der Waals surface area contributed by atoms with Gasteiger partial charge in [0.2, 0.25) is 0 Å². The smallest absolute Gasteiger partial charge is 0.446 e. The molecule has 0 fully saturated rings. The molecule has 0 saturated carbocycles. The molecule has 0 unspecified atom stereocenters. The third-order valence-corrected chi connectivity index (χ3v) is 6.59. The minimum absolute atomic E-state index is 0.120. The molecule has 0 atom stereocenters. The van der Waals surface area contributed by atoms with E-state index in [4.69, 9.17) is 18.8 Å². The highest BCUT2D eigenvalue weighted by atomic mass is 32.3. The number of methoxy groups -OCH3 is 1. The van der Waals surface area contributed by atoms with Crippen LogP contribution in [0.25, 0.3) is 0 Å². The van der Waals surface area contributed by atoms with Gasteiger partial charge < -0.3 is 18.4 Å². The molecule has 0 heterocycles. The lowest BCUT2D eigenvalue weighted by Gasteiger charge is -2.26. The molecule has 1 N–H and O–H groups in total. The molecular weight excluding hydrogens is 536 g/mol. The summed E-state index contributed by atoms with van der Waals surface area (Å²) in [5, 5.41) is 0. The highest BCUT2D eigenvalue weighted by Gasteiger charge is 2.23. The molecule has 40 heavy (non-hydrogen) atoms. The summed E-state index contributed by atoms with van der Waals surface area (Å²) in [4.78, 5) is 25.1. The average Bonchev–Trinajstić information content (AvgIpc) is 2.93. The van der Waals surface area contributed by atoms with Gasteiger partial charge in [-0.3, -0.25) is 4.55 Å². The van der Waals surface area contributed by atoms with Crippen LogP contribution in [-0.2, 0) is 15.8 Å². The molecule has 4 aromatic rings. The first-order valence-corrected chi connectivity index (χ1v) is 13.4. The van der Waals surface area contributed by atoms with Crippen molar-refractivity contribution in [2.75, 3.05) is 7.11 Å². The first kappa shape index (κ1) is 28.3. The lowest BCUT2D eigenvalue weighted by Crippen LogP contribution is -2.18. The van der Waals surface area contributed by atoms with Gasteiger partial charge in [0, 0.05) is 5.41 Å². The van der Waals surface area contributed by atoms with Gasteiger partial charge in [-0.05, 0) is 83.9 Å². The molecule has 0 aliphatic heterocycles. The molecule has 0 aliphatic carbocycles. The third kappa shape index (κ3) is 7.04. The third-order valence-electron chi connectivity index (χ3n) is 6.19. The van der Waals surface area contributed by atoms with Crippen LogP contribution in [0.2, 0.25) is 0 Å². The molecule has 0 spiro atoms. The fourth-order valence-electron chi connectivity index (χ4n) is 3.87. The van der Waals surface area contributed by atoms with Crippen LogP contribution in [0, 0.1) is 0 Å². The highest BCUT2D eigenvalue weighted by Crippen LogP contribution is 2.33. The lowest BCUT2D eigenvalue weighted by atomic mass is 9.78. The molecule has 0 aliphatic rings. The summed E-state index contributed by atoms with van der Waals surface area (Å²) in [6, 6.07) is 25.9. The number of hydrogen-bond donors (Lipinski definition) is 1. The second-order valence-electron chi connectivity index (χ2n) is 9.22. The minimum atomic E-state index is -4.66. The van der Waals surface area contributed by atoms with E-state index < -0.39 is 22.3 Å². The van der Waals surface area contributed by atoms with Crippen molar-refractivity contribution in [3.8, 4) is 23.0 Å². The normalized spacial score (nSPS) is 11.4. The molecular formula is C30H26O9S. The number of ether oxygens (including phenoxy) is 3. The first-order chi connectivity index (χ1) is 18.9. The maximum atomic E-state index is 12.7. The zero-order chi connectivity index (χ0) is 28.9. The topological polar surface area (TPSA) is 125 Å². The molecule has 0 bridgehead atoms. The summed E-state index contributed by atoms with van der Waals surface area (Å²) in [7, 11) is -3.03. The number of carbonyl (C=O) groups is 2. The van der Waals surface area contributed by atoms with Gasteiger partial charge in [0.05, 0.1) is 18.2 Å². The fourth-order valence-corrected chi connectivity index (χ4v) is 4.23. The first-order valence-electron chi connectivity index (χ1n) is 12.0. The summed E-state index contributed by atoms with van der Waals surface area (Å²) < 4.78 is 50.5. The Labute approximate surface area is 231 Å². The number of rotatable bonds is 9. The van der Waals surface area contributed by atoms with Crippen molar-refractivity contribution in [1.82, 2.24) is 0 Å². The predicted molar refractivity (Wildman–Crippen MR) is 147 cm³/mol. The van der Waals surface area contributed by atoms with Crippen LogP contribution in [0.4, 0.5) is 0 Å². The molecule has 0 aromatic heterocycles. The Morgan fingerprint density at radius 1 is 0.600 bits per heavy atom. The molecule has 0 saturated heterocycles.